The van der Waals surface area contributed by atoms with Crippen molar-refractivity contribution in [1.82, 2.24) is 4.98 Å². The van der Waals surface area contributed by atoms with Crippen LogP contribution in [-0.2, 0) is 6.42 Å². The Hall–Kier alpha value is -0.540. The highest BCUT2D eigenvalue weighted by Crippen LogP contribution is 2.20. The minimum atomic E-state index is 0.291. The number of hydrogen-bond acceptors (Lipinski definition) is 3. The summed E-state index contributed by atoms with van der Waals surface area (Å²) in [6, 6.07) is 2.54. The molecule has 1 aromatic heterocycles. The number of nitrogens with zero attached hydrogens (tertiary/aromatic N) is 1. The second-order valence-electron chi connectivity index (χ2n) is 4.74. The van der Waals surface area contributed by atoms with Crippen LogP contribution in [0.4, 0.5) is 0 Å². The molecule has 0 radical (unpaired) electrons. The molecule has 2 N–H and O–H groups in total. The number of aromatic nitrogens is 1. The molecule has 0 fully saturated rings. The van der Waals surface area contributed by atoms with Gasteiger partial charge in [0.25, 0.3) is 0 Å². The molecule has 90 valence electrons. The smallest absolute Gasteiger partial charge is 0.0404 e. The Morgan fingerprint density at radius 1 is 1.31 bits per heavy atom. The first-order chi connectivity index (χ1) is 7.58. The highest BCUT2D eigenvalue weighted by Gasteiger charge is 2.01. The van der Waals surface area contributed by atoms with Crippen LogP contribution in [0.2, 0.25) is 0 Å². The topological polar surface area (TPSA) is 38.9 Å². The summed E-state index contributed by atoms with van der Waals surface area (Å²) >= 11 is 1.85. The van der Waals surface area contributed by atoms with Gasteiger partial charge < -0.3 is 5.73 Å². The van der Waals surface area contributed by atoms with Gasteiger partial charge in [-0.25, -0.2) is 0 Å². The maximum Gasteiger partial charge on any atom is 0.0404 e. The summed E-state index contributed by atoms with van der Waals surface area (Å²) in [5, 5.41) is 0. The first-order valence-electron chi connectivity index (χ1n) is 5.90. The average molecular weight is 238 g/mol. The van der Waals surface area contributed by atoms with Gasteiger partial charge in [0.2, 0.25) is 0 Å². The summed E-state index contributed by atoms with van der Waals surface area (Å²) in [5.74, 6) is 1.76. The summed E-state index contributed by atoms with van der Waals surface area (Å²) in [7, 11) is 0. The van der Waals surface area contributed by atoms with Crippen molar-refractivity contribution in [3.8, 4) is 0 Å². The van der Waals surface area contributed by atoms with E-state index in [1.54, 1.807) is 0 Å². The molecule has 0 saturated carbocycles. The second-order valence-corrected chi connectivity index (χ2v) is 5.91. The van der Waals surface area contributed by atoms with E-state index in [-0.39, 0.29) is 0 Å². The van der Waals surface area contributed by atoms with E-state index >= 15 is 0 Å². The Kier molecular flexibility index (Phi) is 5.85. The monoisotopic (exact) mass is 238 g/mol. The van der Waals surface area contributed by atoms with Crippen LogP contribution >= 0.6 is 11.8 Å². The zero-order valence-corrected chi connectivity index (χ0v) is 11.3. The standard InChI is InChI=1S/C13H22N2S/c1-10(2)6-12-7-13(9-15-8-12)16-5-4-11(3)14/h7-11H,4-6,14H2,1-3H3. The highest BCUT2D eigenvalue weighted by atomic mass is 32.2. The van der Waals surface area contributed by atoms with Gasteiger partial charge in [-0.1, -0.05) is 13.8 Å². The van der Waals surface area contributed by atoms with E-state index < -0.39 is 0 Å². The number of thioether (sulfide) groups is 1. The van der Waals surface area contributed by atoms with Gasteiger partial charge in [-0.3, -0.25) is 4.98 Å². The zero-order valence-electron chi connectivity index (χ0n) is 10.4. The summed E-state index contributed by atoms with van der Waals surface area (Å²) in [5.41, 5.74) is 7.06. The number of rotatable bonds is 6. The fraction of sp³-hybridized carbons (Fsp3) is 0.615. The molecule has 2 nitrogen and oxygen atoms in total. The molecule has 1 heterocycles. The largest absolute Gasteiger partial charge is 0.328 e. The van der Waals surface area contributed by atoms with Gasteiger partial charge >= 0.3 is 0 Å². The Labute approximate surface area is 103 Å². The Morgan fingerprint density at radius 3 is 2.69 bits per heavy atom. The fourth-order valence-corrected chi connectivity index (χ4v) is 2.58. The third kappa shape index (κ3) is 5.52. The van der Waals surface area contributed by atoms with Crippen molar-refractivity contribution in [3.63, 3.8) is 0 Å². The molecule has 0 spiro atoms. The predicted octanol–water partition coefficient (Wildman–Crippen LogP) is 3.11. The van der Waals surface area contributed by atoms with Crippen molar-refractivity contribution < 1.29 is 0 Å². The van der Waals surface area contributed by atoms with E-state index in [9.17, 15) is 0 Å². The molecule has 3 heteroatoms. The van der Waals surface area contributed by atoms with E-state index in [0.29, 0.717) is 12.0 Å². The Balaban J connectivity index is 2.47. The summed E-state index contributed by atoms with van der Waals surface area (Å²) in [6.45, 7) is 6.51. The van der Waals surface area contributed by atoms with Crippen LogP contribution in [-0.4, -0.2) is 16.8 Å². The third-order valence-electron chi connectivity index (χ3n) is 2.26. The van der Waals surface area contributed by atoms with E-state index in [4.69, 9.17) is 5.73 Å². The molecule has 0 aliphatic carbocycles. The molecule has 0 aliphatic heterocycles. The van der Waals surface area contributed by atoms with Gasteiger partial charge in [0.15, 0.2) is 0 Å². The first-order valence-corrected chi connectivity index (χ1v) is 6.88. The number of nitrogens with two attached hydrogens (primary N) is 1. The van der Waals surface area contributed by atoms with Gasteiger partial charge in [-0.05, 0) is 43.1 Å². The maximum absolute atomic E-state index is 5.72. The molecule has 1 atom stereocenters. The minimum Gasteiger partial charge on any atom is -0.328 e. The summed E-state index contributed by atoms with van der Waals surface area (Å²) < 4.78 is 0. The lowest BCUT2D eigenvalue weighted by Crippen LogP contribution is -2.15. The molecular formula is C13H22N2S. The van der Waals surface area contributed by atoms with E-state index in [2.05, 4.69) is 24.9 Å². The lowest BCUT2D eigenvalue weighted by molar-refractivity contribution is 0.644. The molecule has 1 unspecified atom stereocenters. The van der Waals surface area contributed by atoms with Crippen molar-refractivity contribution in [2.24, 2.45) is 11.7 Å². The van der Waals surface area contributed by atoms with Crippen LogP contribution in [0, 0.1) is 5.92 Å². The van der Waals surface area contributed by atoms with Gasteiger partial charge in [-0.15, -0.1) is 11.8 Å². The lowest BCUT2D eigenvalue weighted by Gasteiger charge is -2.07. The molecule has 1 rings (SSSR count). The SMILES string of the molecule is CC(C)Cc1cncc(SCCC(C)N)c1. The van der Waals surface area contributed by atoms with Crippen LogP contribution in [0.25, 0.3) is 0 Å². The Morgan fingerprint density at radius 2 is 2.06 bits per heavy atom. The van der Waals surface area contributed by atoms with Crippen LogP contribution in [0.15, 0.2) is 23.4 Å². The fourth-order valence-electron chi connectivity index (χ4n) is 1.49. The maximum atomic E-state index is 5.72. The lowest BCUT2D eigenvalue weighted by atomic mass is 10.1. The number of pyridine rings is 1. The molecule has 0 aromatic carbocycles. The molecular weight excluding hydrogens is 216 g/mol. The third-order valence-corrected chi connectivity index (χ3v) is 3.25. The van der Waals surface area contributed by atoms with Crippen molar-refractivity contribution in [2.45, 2.75) is 44.6 Å². The van der Waals surface area contributed by atoms with Crippen molar-refractivity contribution in [2.75, 3.05) is 5.75 Å². The predicted molar refractivity (Wildman–Crippen MR) is 71.8 cm³/mol. The minimum absolute atomic E-state index is 0.291. The van der Waals surface area contributed by atoms with Crippen LogP contribution in [0.1, 0.15) is 32.8 Å². The van der Waals surface area contributed by atoms with Crippen molar-refractivity contribution in [3.05, 3.63) is 24.0 Å². The number of hydrogen-bond donors (Lipinski definition) is 1. The zero-order chi connectivity index (χ0) is 12.0. The average Bonchev–Trinajstić information content (AvgIpc) is 2.16. The Bertz CT molecular complexity index is 311. The van der Waals surface area contributed by atoms with Crippen LogP contribution < -0.4 is 5.73 Å². The normalized spacial score (nSPS) is 13.1. The van der Waals surface area contributed by atoms with Crippen LogP contribution in [0.3, 0.4) is 0 Å². The molecule has 0 aliphatic rings. The van der Waals surface area contributed by atoms with Crippen molar-refractivity contribution >= 4 is 11.8 Å². The summed E-state index contributed by atoms with van der Waals surface area (Å²) in [6.07, 6.45) is 6.07. The van der Waals surface area contributed by atoms with Gasteiger partial charge in [0.05, 0.1) is 0 Å². The molecule has 0 saturated heterocycles. The van der Waals surface area contributed by atoms with Gasteiger partial charge in [0, 0.05) is 23.3 Å². The van der Waals surface area contributed by atoms with E-state index in [0.717, 1.165) is 18.6 Å². The van der Waals surface area contributed by atoms with E-state index in [1.807, 2.05) is 31.1 Å². The van der Waals surface area contributed by atoms with Gasteiger partial charge in [0.1, 0.15) is 0 Å². The first kappa shape index (κ1) is 13.5. The molecule has 1 aromatic rings. The molecule has 0 bridgehead atoms. The second kappa shape index (κ2) is 6.92. The van der Waals surface area contributed by atoms with E-state index in [1.165, 1.54) is 10.5 Å². The quantitative estimate of drug-likeness (QED) is 0.774. The van der Waals surface area contributed by atoms with Crippen molar-refractivity contribution in [1.29, 1.82) is 0 Å². The van der Waals surface area contributed by atoms with Gasteiger partial charge in [-0.2, -0.15) is 0 Å². The molecule has 0 amide bonds. The summed E-state index contributed by atoms with van der Waals surface area (Å²) in [4.78, 5) is 5.55. The molecule has 16 heavy (non-hydrogen) atoms. The highest BCUT2D eigenvalue weighted by molar-refractivity contribution is 7.99. The van der Waals surface area contributed by atoms with Crippen LogP contribution in [0.5, 0.6) is 0 Å².